The van der Waals surface area contributed by atoms with Crippen molar-refractivity contribution in [1.82, 2.24) is 24.1 Å². The van der Waals surface area contributed by atoms with Crippen molar-refractivity contribution in [2.45, 2.75) is 13.3 Å². The lowest BCUT2D eigenvalue weighted by Gasteiger charge is -2.39. The number of imidazole rings is 1. The number of fused-ring (bicyclic) bond motifs is 1. The average molecular weight is 584 g/mol. The van der Waals surface area contributed by atoms with E-state index in [1.54, 1.807) is 36.1 Å². The Hall–Kier alpha value is -5.69. The lowest BCUT2D eigenvalue weighted by Crippen LogP contribution is -2.54. The molecule has 2 amide bonds. The molecule has 0 radical (unpaired) electrons. The number of aryl methyl sites for hydroxylation is 1. The number of carbonyl (C=O) groups is 2. The molecule has 1 atom stereocenters. The van der Waals surface area contributed by atoms with E-state index >= 15 is 0 Å². The number of pyridine rings is 1. The van der Waals surface area contributed by atoms with E-state index in [1.165, 1.54) is 41.4 Å². The number of anilines is 2. The summed E-state index contributed by atoms with van der Waals surface area (Å²) in [5, 5.41) is 28.4. The molecule has 0 saturated heterocycles. The van der Waals surface area contributed by atoms with E-state index in [-0.39, 0.29) is 35.0 Å². The van der Waals surface area contributed by atoms with Gasteiger partial charge in [0.2, 0.25) is 6.35 Å². The van der Waals surface area contributed by atoms with Crippen LogP contribution in [-0.2, 0) is 16.6 Å². The molecule has 5 aromatic rings. The summed E-state index contributed by atoms with van der Waals surface area (Å²) < 4.78 is 23.0. The molecule has 6 rings (SSSR count). The number of hydrogen-bond acceptors (Lipinski definition) is 8. The van der Waals surface area contributed by atoms with Crippen molar-refractivity contribution >= 4 is 28.7 Å². The molecule has 12 nitrogen and oxygen atoms in total. The zero-order chi connectivity index (χ0) is 30.2. The lowest BCUT2D eigenvalue weighted by molar-refractivity contribution is -0.124. The molecule has 218 valence electrons. The van der Waals surface area contributed by atoms with Gasteiger partial charge in [-0.15, -0.1) is 0 Å². The number of ether oxygens (including phenoxy) is 1. The van der Waals surface area contributed by atoms with Gasteiger partial charge in [-0.2, -0.15) is 5.10 Å². The van der Waals surface area contributed by atoms with Crippen LogP contribution in [0.5, 0.6) is 17.2 Å². The number of aromatic hydroxyl groups is 1. The number of nitrogens with zero attached hydrogens (tertiary/aromatic N) is 6. The third kappa shape index (κ3) is 5.24. The van der Waals surface area contributed by atoms with Gasteiger partial charge in [0.1, 0.15) is 16.9 Å². The lowest BCUT2D eigenvalue weighted by atomic mass is 10.1. The van der Waals surface area contributed by atoms with Gasteiger partial charge in [-0.05, 0) is 55.5 Å². The van der Waals surface area contributed by atoms with Crippen molar-refractivity contribution in [2.24, 2.45) is 7.05 Å². The largest absolute Gasteiger partial charge is 0.504 e. The minimum atomic E-state index is -1.39. The minimum Gasteiger partial charge on any atom is -0.504 e. The predicted molar refractivity (Wildman–Crippen MR) is 155 cm³/mol. The number of nitrogens with one attached hydrogen (secondary N) is 1. The first-order valence-corrected chi connectivity index (χ1v) is 13.2. The van der Waals surface area contributed by atoms with E-state index in [4.69, 9.17) is 4.74 Å². The number of phenolic OH excluding ortho intramolecular Hbond substituents is 1. The summed E-state index contributed by atoms with van der Waals surface area (Å²) in [6, 6.07) is 12.8. The second-order valence-electron chi connectivity index (χ2n) is 9.79. The van der Waals surface area contributed by atoms with Crippen molar-refractivity contribution in [3.05, 3.63) is 97.1 Å². The number of rotatable bonds is 7. The molecule has 0 bridgehead atoms. The normalized spacial score (nSPS) is 15.1. The van der Waals surface area contributed by atoms with Crippen molar-refractivity contribution < 1.29 is 28.9 Å². The first-order valence-electron chi connectivity index (χ1n) is 13.2. The first-order chi connectivity index (χ1) is 20.7. The van der Waals surface area contributed by atoms with Crippen LogP contribution in [0.1, 0.15) is 6.92 Å². The van der Waals surface area contributed by atoms with Crippen molar-refractivity contribution in [2.75, 3.05) is 16.8 Å². The molecule has 1 aliphatic heterocycles. The predicted octanol–water partition coefficient (Wildman–Crippen LogP) is 3.84. The smallest absolute Gasteiger partial charge is 0.268 e. The molecule has 13 heteroatoms. The van der Waals surface area contributed by atoms with E-state index in [0.717, 1.165) is 22.6 Å². The Balaban J connectivity index is 1.24. The molecule has 3 aromatic heterocycles. The Morgan fingerprint density at radius 1 is 1.09 bits per heavy atom. The fourth-order valence-corrected chi connectivity index (χ4v) is 4.71. The summed E-state index contributed by atoms with van der Waals surface area (Å²) in [4.78, 5) is 33.3. The van der Waals surface area contributed by atoms with Crippen LogP contribution in [0, 0.1) is 5.82 Å². The van der Waals surface area contributed by atoms with E-state index < -0.39 is 24.0 Å². The highest BCUT2D eigenvalue weighted by Crippen LogP contribution is 2.37. The Bertz CT molecular complexity index is 1880. The van der Waals surface area contributed by atoms with Crippen molar-refractivity contribution in [3.63, 3.8) is 0 Å². The van der Waals surface area contributed by atoms with E-state index in [2.05, 4.69) is 15.4 Å². The average Bonchev–Trinajstić information content (AvgIpc) is 3.65. The number of amides is 2. The van der Waals surface area contributed by atoms with Gasteiger partial charge >= 0.3 is 0 Å². The first kappa shape index (κ1) is 27.5. The molecular formula is C30H26FN7O5. The van der Waals surface area contributed by atoms with Crippen molar-refractivity contribution in [1.29, 1.82) is 0 Å². The van der Waals surface area contributed by atoms with E-state index in [1.807, 2.05) is 24.0 Å². The zero-order valence-corrected chi connectivity index (χ0v) is 23.0. The second-order valence-corrected chi connectivity index (χ2v) is 9.79. The summed E-state index contributed by atoms with van der Waals surface area (Å²) in [6.07, 6.45) is 6.86. The number of carbonyl (C=O) groups excluding carboxylic acids is 2. The van der Waals surface area contributed by atoms with E-state index in [0.29, 0.717) is 17.0 Å². The molecular weight excluding hydrogens is 557 g/mol. The van der Waals surface area contributed by atoms with Crippen molar-refractivity contribution in [3.8, 4) is 28.5 Å². The van der Waals surface area contributed by atoms with Gasteiger partial charge in [-0.1, -0.05) is 0 Å². The molecule has 0 saturated carbocycles. The maximum atomic E-state index is 13.5. The molecule has 1 aliphatic rings. The highest BCUT2D eigenvalue weighted by Gasteiger charge is 2.37. The molecule has 0 spiro atoms. The number of aromatic nitrogens is 4. The Labute approximate surface area is 244 Å². The minimum absolute atomic E-state index is 0.120. The SMILES string of the molecule is CCN1C=C(C(=O)Nc2ccc(Oc3cc(-c4cn(C)cn4)cn4nccc34)c(O)c2)C(=O)N(c2ccc(F)cc2)C1O. The van der Waals surface area contributed by atoms with Crippen LogP contribution in [0.3, 0.4) is 0 Å². The van der Waals surface area contributed by atoms with Crippen LogP contribution in [-0.4, -0.2) is 59.0 Å². The molecule has 4 heterocycles. The van der Waals surface area contributed by atoms with Crippen LogP contribution < -0.4 is 15.0 Å². The number of aliphatic hydroxyl groups is 1. The van der Waals surface area contributed by atoms with Gasteiger partial charge in [-0.25, -0.2) is 13.9 Å². The maximum Gasteiger partial charge on any atom is 0.268 e. The Morgan fingerprint density at radius 3 is 2.58 bits per heavy atom. The topological polar surface area (TPSA) is 137 Å². The van der Waals surface area contributed by atoms with Gasteiger partial charge in [-0.3, -0.25) is 14.5 Å². The summed E-state index contributed by atoms with van der Waals surface area (Å²) in [7, 11) is 1.87. The van der Waals surface area contributed by atoms with Gasteiger partial charge in [0.05, 0.1) is 18.2 Å². The van der Waals surface area contributed by atoms with Gasteiger partial charge in [0, 0.05) is 55.2 Å². The number of benzene rings is 2. The molecule has 2 aromatic carbocycles. The third-order valence-electron chi connectivity index (χ3n) is 6.89. The van der Waals surface area contributed by atoms with Crippen LogP contribution in [0.25, 0.3) is 16.8 Å². The van der Waals surface area contributed by atoms with E-state index in [9.17, 15) is 24.2 Å². The molecule has 0 aliphatic carbocycles. The fraction of sp³-hybridized carbons (Fsp3) is 0.133. The third-order valence-corrected chi connectivity index (χ3v) is 6.89. The Morgan fingerprint density at radius 2 is 1.88 bits per heavy atom. The summed E-state index contributed by atoms with van der Waals surface area (Å²) >= 11 is 0. The van der Waals surface area contributed by atoms with Crippen LogP contribution in [0.15, 0.2) is 91.3 Å². The fourth-order valence-electron chi connectivity index (χ4n) is 4.71. The Kier molecular flexibility index (Phi) is 7.00. The highest BCUT2D eigenvalue weighted by atomic mass is 19.1. The summed E-state index contributed by atoms with van der Waals surface area (Å²) in [5.41, 5.74) is 2.28. The zero-order valence-electron chi connectivity index (χ0n) is 23.0. The van der Waals surface area contributed by atoms with Crippen LogP contribution in [0.4, 0.5) is 15.8 Å². The second kappa shape index (κ2) is 10.9. The molecule has 43 heavy (non-hydrogen) atoms. The standard InChI is InChI=1S/C30H26FN7O5/c1-3-36-15-22(29(41)38(30(36)42)21-7-4-19(31)5-8-21)28(40)34-20-6-9-26(25(39)13-20)43-27-12-18(23-16-35(2)17-32-23)14-37-24(27)10-11-33-37/h4-17,30,39,42H,3H2,1-2H3,(H,34,40). The summed E-state index contributed by atoms with van der Waals surface area (Å²) in [5.74, 6) is -1.77. The molecule has 0 fully saturated rings. The number of hydrogen-bond donors (Lipinski definition) is 3. The summed E-state index contributed by atoms with van der Waals surface area (Å²) in [6.45, 7) is 2.02. The highest BCUT2D eigenvalue weighted by molar-refractivity contribution is 6.27. The maximum absolute atomic E-state index is 13.5. The van der Waals surface area contributed by atoms with Gasteiger partial charge in [0.25, 0.3) is 11.8 Å². The number of halogens is 1. The van der Waals surface area contributed by atoms with Gasteiger partial charge in [0.15, 0.2) is 17.2 Å². The number of phenols is 1. The number of aliphatic hydroxyl groups excluding tert-OH is 1. The van der Waals surface area contributed by atoms with Gasteiger partial charge < -0.3 is 29.7 Å². The monoisotopic (exact) mass is 583 g/mol. The molecule has 3 N–H and O–H groups in total. The van der Waals surface area contributed by atoms with Crippen LogP contribution in [0.2, 0.25) is 0 Å². The quantitative estimate of drug-likeness (QED) is 0.246. The van der Waals surface area contributed by atoms with Crippen LogP contribution >= 0.6 is 0 Å². The molecule has 1 unspecified atom stereocenters.